The van der Waals surface area contributed by atoms with E-state index in [0.29, 0.717) is 23.4 Å². The van der Waals surface area contributed by atoms with Gasteiger partial charge in [-0.1, -0.05) is 11.6 Å². The number of amides is 2. The molecule has 1 aromatic heterocycles. The Morgan fingerprint density at radius 2 is 2.27 bits per heavy atom. The Balaban J connectivity index is 1.80. The van der Waals surface area contributed by atoms with Crippen molar-refractivity contribution in [1.82, 2.24) is 20.2 Å². The summed E-state index contributed by atoms with van der Waals surface area (Å²) in [6.07, 6.45) is 2.42. The maximum Gasteiger partial charge on any atom is 0.318 e. The normalized spacial score (nSPS) is 24.5. The van der Waals surface area contributed by atoms with Crippen LogP contribution in [0.1, 0.15) is 20.3 Å². The lowest BCUT2D eigenvalue weighted by atomic mass is 9.99. The number of nitrogens with one attached hydrogen (secondary N) is 1. The highest BCUT2D eigenvalue weighted by Crippen LogP contribution is 2.31. The van der Waals surface area contributed by atoms with E-state index in [4.69, 9.17) is 16.3 Å². The van der Waals surface area contributed by atoms with Crippen molar-refractivity contribution in [3.63, 3.8) is 0 Å². The van der Waals surface area contributed by atoms with Crippen LogP contribution >= 0.6 is 11.6 Å². The van der Waals surface area contributed by atoms with Crippen LogP contribution in [0.3, 0.4) is 0 Å². The van der Waals surface area contributed by atoms with Crippen molar-refractivity contribution in [2.45, 2.75) is 38.4 Å². The Bertz CT molecular complexity index is 582. The van der Waals surface area contributed by atoms with E-state index in [1.165, 1.54) is 7.11 Å². The third-order valence-electron chi connectivity index (χ3n) is 4.22. The van der Waals surface area contributed by atoms with Gasteiger partial charge in [-0.3, -0.25) is 0 Å². The molecule has 120 valence electrons. The lowest BCUT2D eigenvalue weighted by Crippen LogP contribution is -2.52. The topological polar surface area (TPSA) is 70.6 Å². The van der Waals surface area contributed by atoms with Crippen LogP contribution in [0.4, 0.5) is 10.6 Å². The molecular weight excluding hydrogens is 306 g/mol. The van der Waals surface area contributed by atoms with Gasteiger partial charge in [0.1, 0.15) is 5.02 Å². The zero-order valence-corrected chi connectivity index (χ0v) is 13.7. The minimum absolute atomic E-state index is 0.0122. The van der Waals surface area contributed by atoms with Crippen LogP contribution in [-0.2, 0) is 0 Å². The molecule has 3 rings (SSSR count). The summed E-state index contributed by atoms with van der Waals surface area (Å²) in [7, 11) is 1.52. The summed E-state index contributed by atoms with van der Waals surface area (Å²) in [6.45, 7) is 5.56. The summed E-state index contributed by atoms with van der Waals surface area (Å²) in [5.74, 6) is 0.657. The zero-order chi connectivity index (χ0) is 15.9. The third kappa shape index (κ3) is 2.54. The number of carbonyl (C=O) groups is 1. The molecule has 0 aliphatic carbocycles. The van der Waals surface area contributed by atoms with Gasteiger partial charge in [0.05, 0.1) is 25.4 Å². The summed E-state index contributed by atoms with van der Waals surface area (Å²) in [4.78, 5) is 24.5. The monoisotopic (exact) mass is 325 g/mol. The average molecular weight is 326 g/mol. The van der Waals surface area contributed by atoms with Crippen LogP contribution in [0.15, 0.2) is 6.20 Å². The van der Waals surface area contributed by atoms with Crippen LogP contribution in [0, 0.1) is 0 Å². The van der Waals surface area contributed by atoms with Crippen molar-refractivity contribution in [1.29, 1.82) is 0 Å². The fourth-order valence-electron chi connectivity index (χ4n) is 3.27. The second-order valence-corrected chi connectivity index (χ2v) is 6.29. The molecule has 0 unspecified atom stereocenters. The molecule has 22 heavy (non-hydrogen) atoms. The number of ether oxygens (including phenoxy) is 1. The highest BCUT2D eigenvalue weighted by Gasteiger charge is 2.44. The maximum absolute atomic E-state index is 12.1. The SMILES string of the molecule is COc1ncc(Cl)c(N2CC[C@H]3[C@@H](C2)NC(=O)N3C(C)C)n1. The number of fused-ring (bicyclic) bond motifs is 1. The first-order chi connectivity index (χ1) is 10.5. The van der Waals surface area contributed by atoms with Crippen molar-refractivity contribution in [3.8, 4) is 6.01 Å². The molecular formula is C14H20ClN5O2. The van der Waals surface area contributed by atoms with Gasteiger partial charge >= 0.3 is 12.0 Å². The van der Waals surface area contributed by atoms with Gasteiger partial charge in [0.25, 0.3) is 0 Å². The summed E-state index contributed by atoms with van der Waals surface area (Å²) >= 11 is 6.22. The highest BCUT2D eigenvalue weighted by molar-refractivity contribution is 6.32. The fraction of sp³-hybridized carbons (Fsp3) is 0.643. The van der Waals surface area contributed by atoms with E-state index in [2.05, 4.69) is 20.2 Å². The van der Waals surface area contributed by atoms with E-state index >= 15 is 0 Å². The second kappa shape index (κ2) is 5.79. The summed E-state index contributed by atoms with van der Waals surface area (Å²) in [5.41, 5.74) is 0. The van der Waals surface area contributed by atoms with E-state index in [1.807, 2.05) is 18.7 Å². The van der Waals surface area contributed by atoms with Crippen molar-refractivity contribution >= 4 is 23.4 Å². The molecule has 2 aliphatic rings. The van der Waals surface area contributed by atoms with Gasteiger partial charge in [-0.2, -0.15) is 4.98 Å². The van der Waals surface area contributed by atoms with Gasteiger partial charge < -0.3 is 19.9 Å². The Morgan fingerprint density at radius 1 is 1.50 bits per heavy atom. The van der Waals surface area contributed by atoms with Gasteiger partial charge in [0.2, 0.25) is 0 Å². The molecule has 7 nitrogen and oxygen atoms in total. The van der Waals surface area contributed by atoms with Gasteiger partial charge in [0.15, 0.2) is 5.82 Å². The van der Waals surface area contributed by atoms with Gasteiger partial charge in [-0.15, -0.1) is 0 Å². The standard InChI is InChI=1S/C14H20ClN5O2/c1-8(2)20-11-4-5-19(7-10(11)17-14(20)21)12-9(15)6-16-13(18-12)22-3/h6,8,10-11H,4-5,7H2,1-3H3,(H,17,21)/t10-,11+/m1/s1. The van der Waals surface area contributed by atoms with Gasteiger partial charge in [0, 0.05) is 19.1 Å². The Morgan fingerprint density at radius 3 is 2.95 bits per heavy atom. The number of anilines is 1. The first kappa shape index (κ1) is 15.1. The molecule has 1 N–H and O–H groups in total. The van der Waals surface area contributed by atoms with Crippen molar-refractivity contribution in [2.24, 2.45) is 0 Å². The molecule has 8 heteroatoms. The predicted octanol–water partition coefficient (Wildman–Crippen LogP) is 1.52. The number of hydrogen-bond acceptors (Lipinski definition) is 5. The first-order valence-corrected chi connectivity index (χ1v) is 7.79. The van der Waals surface area contributed by atoms with Crippen molar-refractivity contribution in [2.75, 3.05) is 25.1 Å². The minimum atomic E-state index is 0.0122. The van der Waals surface area contributed by atoms with E-state index < -0.39 is 0 Å². The minimum Gasteiger partial charge on any atom is -0.467 e. The molecule has 2 aliphatic heterocycles. The molecule has 0 spiro atoms. The summed E-state index contributed by atoms with van der Waals surface area (Å²) in [5, 5.41) is 3.55. The number of halogens is 1. The average Bonchev–Trinajstić information content (AvgIpc) is 2.82. The lowest BCUT2D eigenvalue weighted by molar-refractivity contribution is 0.175. The number of methoxy groups -OCH3 is 1. The van der Waals surface area contributed by atoms with Crippen LogP contribution in [0.5, 0.6) is 6.01 Å². The lowest BCUT2D eigenvalue weighted by Gasteiger charge is -2.38. The Labute approximate surface area is 134 Å². The quantitative estimate of drug-likeness (QED) is 0.912. The van der Waals surface area contributed by atoms with Gasteiger partial charge in [-0.05, 0) is 20.3 Å². The van der Waals surface area contributed by atoms with Crippen LogP contribution in [0.2, 0.25) is 5.02 Å². The fourth-order valence-corrected chi connectivity index (χ4v) is 3.48. The molecule has 0 radical (unpaired) electrons. The molecule has 1 aromatic rings. The van der Waals surface area contributed by atoms with Crippen molar-refractivity contribution < 1.29 is 9.53 Å². The molecule has 2 saturated heterocycles. The number of piperidine rings is 1. The molecule has 3 heterocycles. The van der Waals surface area contributed by atoms with Crippen molar-refractivity contribution in [3.05, 3.63) is 11.2 Å². The summed E-state index contributed by atoms with van der Waals surface area (Å²) in [6, 6.07) is 0.815. The molecule has 0 bridgehead atoms. The maximum atomic E-state index is 12.1. The molecule has 2 atom stereocenters. The zero-order valence-electron chi connectivity index (χ0n) is 12.9. The molecule has 0 saturated carbocycles. The Kier molecular flexibility index (Phi) is 3.99. The molecule has 0 aromatic carbocycles. The van der Waals surface area contributed by atoms with E-state index in [1.54, 1.807) is 6.20 Å². The van der Waals surface area contributed by atoms with Gasteiger partial charge in [-0.25, -0.2) is 9.78 Å². The smallest absolute Gasteiger partial charge is 0.318 e. The molecule has 2 fully saturated rings. The number of urea groups is 1. The van der Waals surface area contributed by atoms with E-state index in [-0.39, 0.29) is 24.2 Å². The van der Waals surface area contributed by atoms with E-state index in [9.17, 15) is 4.79 Å². The molecule has 2 amide bonds. The van der Waals surface area contributed by atoms with Crippen LogP contribution < -0.4 is 15.0 Å². The first-order valence-electron chi connectivity index (χ1n) is 7.41. The summed E-state index contributed by atoms with van der Waals surface area (Å²) < 4.78 is 5.07. The predicted molar refractivity (Wildman–Crippen MR) is 83.5 cm³/mol. The second-order valence-electron chi connectivity index (χ2n) is 5.89. The Hall–Kier alpha value is -1.76. The van der Waals surface area contributed by atoms with E-state index in [0.717, 1.165) is 13.0 Å². The van der Waals surface area contributed by atoms with Crippen LogP contribution in [0.25, 0.3) is 0 Å². The highest BCUT2D eigenvalue weighted by atomic mass is 35.5. The number of carbonyl (C=O) groups excluding carboxylic acids is 1. The number of hydrogen-bond donors (Lipinski definition) is 1. The third-order valence-corrected chi connectivity index (χ3v) is 4.49. The number of rotatable bonds is 3. The largest absolute Gasteiger partial charge is 0.467 e. The number of aromatic nitrogens is 2. The number of nitrogens with zero attached hydrogens (tertiary/aromatic N) is 4. The van der Waals surface area contributed by atoms with Crippen LogP contribution in [-0.4, -0.2) is 59.2 Å².